The summed E-state index contributed by atoms with van der Waals surface area (Å²) in [5.41, 5.74) is 2.88. The maximum absolute atomic E-state index is 13.7. The molecule has 0 bridgehead atoms. The van der Waals surface area contributed by atoms with Crippen molar-refractivity contribution in [2.24, 2.45) is 0 Å². The van der Waals surface area contributed by atoms with Gasteiger partial charge in [-0.15, -0.1) is 0 Å². The molecule has 0 aliphatic heterocycles. The highest BCUT2D eigenvalue weighted by Gasteiger charge is 2.37. The van der Waals surface area contributed by atoms with Gasteiger partial charge < -0.3 is 9.80 Å². The van der Waals surface area contributed by atoms with Gasteiger partial charge in [-0.3, -0.25) is 0 Å². The van der Waals surface area contributed by atoms with Crippen LogP contribution in [0.2, 0.25) is 0 Å². The highest BCUT2D eigenvalue weighted by Crippen LogP contribution is 2.38. The molecule has 4 nitrogen and oxygen atoms in total. The van der Waals surface area contributed by atoms with E-state index in [1.807, 2.05) is 48.5 Å². The Morgan fingerprint density at radius 3 is 1.97 bits per heavy atom. The minimum Gasteiger partial charge on any atom is -0.329 e. The van der Waals surface area contributed by atoms with Crippen molar-refractivity contribution >= 4 is 23.1 Å². The lowest BCUT2D eigenvalue weighted by Gasteiger charge is -2.25. The summed E-state index contributed by atoms with van der Waals surface area (Å²) in [6.07, 6.45) is -1.69. The van der Waals surface area contributed by atoms with Crippen LogP contribution in [0.1, 0.15) is 49.8 Å². The van der Waals surface area contributed by atoms with E-state index in [2.05, 4.69) is 30.7 Å². The van der Waals surface area contributed by atoms with Crippen LogP contribution in [-0.2, 0) is 12.6 Å². The van der Waals surface area contributed by atoms with Gasteiger partial charge >= 0.3 is 6.18 Å². The second-order valence-corrected chi connectivity index (χ2v) is 8.19. The SMILES string of the molecule is CCCc1ccc(N(C)c2ncc(C(F)(F)F)c(N(C)c3ccc(C(C)C)cc3)n2)cc1. The first-order chi connectivity index (χ1) is 15.1. The van der Waals surface area contributed by atoms with Crippen molar-refractivity contribution in [3.05, 3.63) is 71.4 Å². The zero-order valence-electron chi connectivity index (χ0n) is 19.1. The quantitative estimate of drug-likeness (QED) is 0.390. The molecule has 1 heterocycles. The van der Waals surface area contributed by atoms with Crippen molar-refractivity contribution in [3.63, 3.8) is 0 Å². The molecule has 0 saturated heterocycles. The van der Waals surface area contributed by atoms with Crippen LogP contribution in [0.15, 0.2) is 54.7 Å². The highest BCUT2D eigenvalue weighted by molar-refractivity contribution is 5.66. The summed E-state index contributed by atoms with van der Waals surface area (Å²) in [5, 5.41) is 0. The third kappa shape index (κ3) is 5.21. The Morgan fingerprint density at radius 2 is 1.44 bits per heavy atom. The molecule has 0 spiro atoms. The topological polar surface area (TPSA) is 32.3 Å². The molecule has 3 aromatic rings. The predicted octanol–water partition coefficient (Wildman–Crippen LogP) is 7.11. The normalized spacial score (nSPS) is 11.7. The van der Waals surface area contributed by atoms with Crippen LogP contribution in [0.3, 0.4) is 0 Å². The molecule has 0 aliphatic carbocycles. The maximum Gasteiger partial charge on any atom is 0.421 e. The highest BCUT2D eigenvalue weighted by atomic mass is 19.4. The van der Waals surface area contributed by atoms with Gasteiger partial charge in [0.05, 0.1) is 0 Å². The minimum atomic E-state index is -4.57. The summed E-state index contributed by atoms with van der Waals surface area (Å²) in [6.45, 7) is 6.26. The second-order valence-electron chi connectivity index (χ2n) is 8.19. The molecule has 0 amide bonds. The molecule has 0 radical (unpaired) electrons. The van der Waals surface area contributed by atoms with Gasteiger partial charge in [0.15, 0.2) is 5.82 Å². The van der Waals surface area contributed by atoms with E-state index in [1.54, 1.807) is 19.0 Å². The Balaban J connectivity index is 1.99. The van der Waals surface area contributed by atoms with E-state index >= 15 is 0 Å². The van der Waals surface area contributed by atoms with E-state index < -0.39 is 11.7 Å². The maximum atomic E-state index is 13.7. The van der Waals surface area contributed by atoms with Gasteiger partial charge in [-0.1, -0.05) is 51.5 Å². The number of anilines is 4. The second kappa shape index (κ2) is 9.59. The fraction of sp³-hybridized carbons (Fsp3) is 0.360. The van der Waals surface area contributed by atoms with Gasteiger partial charge in [0, 0.05) is 31.7 Å². The lowest BCUT2D eigenvalue weighted by atomic mass is 10.0. The third-order valence-electron chi connectivity index (χ3n) is 5.49. The molecule has 170 valence electrons. The van der Waals surface area contributed by atoms with Gasteiger partial charge in [0.25, 0.3) is 0 Å². The Morgan fingerprint density at radius 1 is 0.875 bits per heavy atom. The average molecular weight is 443 g/mol. The number of hydrogen-bond acceptors (Lipinski definition) is 4. The summed E-state index contributed by atoms with van der Waals surface area (Å²) in [6, 6.07) is 15.4. The number of aromatic nitrogens is 2. The molecule has 3 rings (SSSR count). The number of rotatable bonds is 7. The smallest absolute Gasteiger partial charge is 0.329 e. The first kappa shape index (κ1) is 23.6. The molecule has 0 unspecified atom stereocenters. The minimum absolute atomic E-state index is 0.186. The summed E-state index contributed by atoms with van der Waals surface area (Å²) >= 11 is 0. The van der Waals surface area contributed by atoms with Crippen LogP contribution < -0.4 is 9.80 Å². The van der Waals surface area contributed by atoms with Crippen LogP contribution in [-0.4, -0.2) is 24.1 Å². The van der Waals surface area contributed by atoms with Gasteiger partial charge in [0.2, 0.25) is 5.95 Å². The van der Waals surface area contributed by atoms with Crippen LogP contribution in [0.4, 0.5) is 36.3 Å². The van der Waals surface area contributed by atoms with Crippen LogP contribution in [0.25, 0.3) is 0 Å². The molecule has 1 aromatic heterocycles. The first-order valence-electron chi connectivity index (χ1n) is 10.7. The van der Waals surface area contributed by atoms with E-state index in [4.69, 9.17) is 0 Å². The van der Waals surface area contributed by atoms with E-state index in [9.17, 15) is 13.2 Å². The number of halogens is 3. The molecule has 0 N–H and O–H groups in total. The van der Waals surface area contributed by atoms with Crippen molar-refractivity contribution in [2.75, 3.05) is 23.9 Å². The zero-order chi connectivity index (χ0) is 23.5. The third-order valence-corrected chi connectivity index (χ3v) is 5.49. The largest absolute Gasteiger partial charge is 0.421 e. The number of benzene rings is 2. The van der Waals surface area contributed by atoms with Gasteiger partial charge in [-0.2, -0.15) is 18.2 Å². The number of hydrogen-bond donors (Lipinski definition) is 0. The lowest BCUT2D eigenvalue weighted by Crippen LogP contribution is -2.21. The van der Waals surface area contributed by atoms with Crippen molar-refractivity contribution in [1.82, 2.24) is 9.97 Å². The molecular weight excluding hydrogens is 413 g/mol. The number of alkyl halides is 3. The lowest BCUT2D eigenvalue weighted by molar-refractivity contribution is -0.137. The van der Waals surface area contributed by atoms with Gasteiger partial charge in [0.1, 0.15) is 5.56 Å². The van der Waals surface area contributed by atoms with Crippen molar-refractivity contribution < 1.29 is 13.2 Å². The van der Waals surface area contributed by atoms with Crippen LogP contribution in [0.5, 0.6) is 0 Å². The fourth-order valence-electron chi connectivity index (χ4n) is 3.48. The monoisotopic (exact) mass is 442 g/mol. The summed E-state index contributed by atoms with van der Waals surface area (Å²) < 4.78 is 41.2. The Kier molecular flexibility index (Phi) is 7.06. The average Bonchev–Trinajstić information content (AvgIpc) is 2.78. The van der Waals surface area contributed by atoms with E-state index in [1.165, 1.54) is 10.5 Å². The summed E-state index contributed by atoms with van der Waals surface area (Å²) in [7, 11) is 3.34. The van der Waals surface area contributed by atoms with Crippen molar-refractivity contribution in [1.29, 1.82) is 0 Å². The molecule has 7 heteroatoms. The molecule has 2 aromatic carbocycles. The zero-order valence-corrected chi connectivity index (χ0v) is 19.1. The molecule has 32 heavy (non-hydrogen) atoms. The van der Waals surface area contributed by atoms with Crippen LogP contribution in [0, 0.1) is 0 Å². The van der Waals surface area contributed by atoms with Gasteiger partial charge in [-0.25, -0.2) is 4.98 Å². The number of aryl methyl sites for hydroxylation is 1. The van der Waals surface area contributed by atoms with E-state index in [0.29, 0.717) is 11.6 Å². The standard InChI is InChI=1S/C25H29F3N4/c1-6-7-18-8-12-21(13-9-18)32(5)24-29-16-22(25(26,27)28)23(30-24)31(4)20-14-10-19(11-15-20)17(2)3/h8-17H,6-7H2,1-5H3. The molecule has 0 aliphatic rings. The van der Waals surface area contributed by atoms with Crippen molar-refractivity contribution in [3.8, 4) is 0 Å². The molecule has 0 saturated carbocycles. The van der Waals surface area contributed by atoms with Gasteiger partial charge in [-0.05, 0) is 47.7 Å². The molecular formula is C25H29F3N4. The van der Waals surface area contributed by atoms with E-state index in [-0.39, 0.29) is 11.8 Å². The predicted molar refractivity (Wildman–Crippen MR) is 124 cm³/mol. The molecule has 0 fully saturated rings. The summed E-state index contributed by atoms with van der Waals surface area (Å²) in [5.74, 6) is 0.347. The Labute approximate surface area is 187 Å². The van der Waals surface area contributed by atoms with Crippen LogP contribution >= 0.6 is 0 Å². The first-order valence-corrected chi connectivity index (χ1v) is 10.7. The van der Waals surface area contributed by atoms with Crippen molar-refractivity contribution in [2.45, 2.75) is 45.7 Å². The summed E-state index contributed by atoms with van der Waals surface area (Å²) in [4.78, 5) is 11.5. The Bertz CT molecular complexity index is 1030. The Hall–Kier alpha value is -3.09. The number of nitrogens with zero attached hydrogens (tertiary/aromatic N) is 4. The molecule has 0 atom stereocenters. The van der Waals surface area contributed by atoms with E-state index in [0.717, 1.165) is 30.3 Å². The fourth-order valence-corrected chi connectivity index (χ4v) is 3.48.